The van der Waals surface area contributed by atoms with Crippen molar-refractivity contribution >= 4 is 40.8 Å². The van der Waals surface area contributed by atoms with Gasteiger partial charge in [0.2, 0.25) is 0 Å². The summed E-state index contributed by atoms with van der Waals surface area (Å²) >= 11 is 0. The molecule has 1 heterocycles. The van der Waals surface area contributed by atoms with Crippen molar-refractivity contribution in [2.24, 2.45) is 0 Å². The lowest BCUT2D eigenvalue weighted by Gasteiger charge is -2.09. The molecule has 0 aliphatic heterocycles. The lowest BCUT2D eigenvalue weighted by Crippen LogP contribution is -1.99. The average Bonchev–Trinajstić information content (AvgIpc) is 2.48. The second-order valence-electron chi connectivity index (χ2n) is 4.75. The van der Waals surface area contributed by atoms with Crippen LogP contribution in [0.4, 0.5) is 11.5 Å². The fourth-order valence-electron chi connectivity index (χ4n) is 2.14. The van der Waals surface area contributed by atoms with Crippen molar-refractivity contribution in [3.8, 4) is 0 Å². The largest absolute Gasteiger partial charge is 0.478 e. The fraction of sp³-hybridized carbons (Fsp3) is 0.0625. The molecule has 0 amide bonds. The van der Waals surface area contributed by atoms with Gasteiger partial charge in [0.05, 0.1) is 11.1 Å². The van der Waals surface area contributed by atoms with Crippen molar-refractivity contribution in [1.29, 1.82) is 0 Å². The molecule has 0 saturated heterocycles. The maximum Gasteiger partial charge on any atom is 0.335 e. The Balaban J connectivity index is 0.00000176. The van der Waals surface area contributed by atoms with Gasteiger partial charge in [-0.1, -0.05) is 17.7 Å². The highest BCUT2D eigenvalue weighted by Crippen LogP contribution is 2.24. The number of hydrogen-bond acceptors (Lipinski definition) is 4. The Bertz CT molecular complexity index is 836. The van der Waals surface area contributed by atoms with Crippen LogP contribution in [0.2, 0.25) is 0 Å². The summed E-state index contributed by atoms with van der Waals surface area (Å²) < 4.78 is 0. The van der Waals surface area contributed by atoms with Crippen LogP contribution in [-0.2, 0) is 0 Å². The molecular formula is C16H14ClN3O2. The zero-order valence-corrected chi connectivity index (χ0v) is 12.6. The van der Waals surface area contributed by atoms with E-state index in [1.54, 1.807) is 24.3 Å². The quantitative estimate of drug-likeness (QED) is 0.769. The topological polar surface area (TPSA) is 75.1 Å². The van der Waals surface area contributed by atoms with Crippen molar-refractivity contribution in [3.05, 3.63) is 59.9 Å². The van der Waals surface area contributed by atoms with Crippen molar-refractivity contribution < 1.29 is 9.90 Å². The van der Waals surface area contributed by atoms with Crippen molar-refractivity contribution in [1.82, 2.24) is 9.97 Å². The second kappa shape index (κ2) is 6.41. The van der Waals surface area contributed by atoms with Gasteiger partial charge in [0.1, 0.15) is 12.1 Å². The third-order valence-electron chi connectivity index (χ3n) is 3.16. The van der Waals surface area contributed by atoms with Crippen LogP contribution in [0.5, 0.6) is 0 Å². The molecule has 0 aliphatic carbocycles. The number of benzene rings is 2. The van der Waals surface area contributed by atoms with Gasteiger partial charge in [0.25, 0.3) is 0 Å². The van der Waals surface area contributed by atoms with Gasteiger partial charge in [0, 0.05) is 11.1 Å². The van der Waals surface area contributed by atoms with Crippen LogP contribution in [0.15, 0.2) is 48.8 Å². The predicted octanol–water partition coefficient (Wildman–Crippen LogP) is 3.80. The van der Waals surface area contributed by atoms with Crippen molar-refractivity contribution in [3.63, 3.8) is 0 Å². The Labute approximate surface area is 133 Å². The average molecular weight is 316 g/mol. The predicted molar refractivity (Wildman–Crippen MR) is 88.2 cm³/mol. The van der Waals surface area contributed by atoms with Crippen LogP contribution in [-0.4, -0.2) is 21.0 Å². The number of fused-ring (bicyclic) bond motifs is 1. The normalized spacial score (nSPS) is 10.0. The number of carbonyl (C=O) groups is 1. The molecule has 22 heavy (non-hydrogen) atoms. The number of carboxylic acids is 1. The Kier molecular flexibility index (Phi) is 4.58. The number of halogens is 1. The number of nitrogens with one attached hydrogen (secondary N) is 1. The number of aryl methyl sites for hydroxylation is 1. The van der Waals surface area contributed by atoms with Gasteiger partial charge in [-0.15, -0.1) is 12.4 Å². The summed E-state index contributed by atoms with van der Waals surface area (Å²) in [7, 11) is 0. The van der Waals surface area contributed by atoms with Crippen LogP contribution < -0.4 is 5.32 Å². The molecule has 2 N–H and O–H groups in total. The number of anilines is 2. The third kappa shape index (κ3) is 3.15. The van der Waals surface area contributed by atoms with E-state index in [1.807, 2.05) is 25.1 Å². The fourth-order valence-corrected chi connectivity index (χ4v) is 2.14. The first-order chi connectivity index (χ1) is 10.1. The van der Waals surface area contributed by atoms with E-state index in [1.165, 1.54) is 6.33 Å². The molecule has 6 heteroatoms. The maximum absolute atomic E-state index is 11.0. The molecule has 1 aromatic heterocycles. The SMILES string of the molecule is Cc1ccc2ncnc(Nc3cccc(C(=O)O)c3)c2c1.Cl. The van der Waals surface area contributed by atoms with E-state index < -0.39 is 5.97 Å². The molecule has 0 aliphatic rings. The summed E-state index contributed by atoms with van der Waals surface area (Å²) in [6.07, 6.45) is 1.49. The standard InChI is InChI=1S/C16H13N3O2.ClH/c1-10-5-6-14-13(7-10)15(18-9-17-14)19-12-4-2-3-11(8-12)16(20)21;/h2-9H,1H3,(H,20,21)(H,17,18,19);1H. The molecule has 0 fully saturated rings. The van der Waals surface area contributed by atoms with Crippen LogP contribution >= 0.6 is 12.4 Å². The molecule has 112 valence electrons. The molecular weight excluding hydrogens is 302 g/mol. The van der Waals surface area contributed by atoms with Crippen LogP contribution in [0.3, 0.4) is 0 Å². The van der Waals surface area contributed by atoms with Crippen LogP contribution in [0, 0.1) is 6.92 Å². The molecule has 2 aromatic carbocycles. The van der Waals surface area contributed by atoms with Crippen molar-refractivity contribution in [2.75, 3.05) is 5.32 Å². The van der Waals surface area contributed by atoms with Crippen LogP contribution in [0.1, 0.15) is 15.9 Å². The Morgan fingerprint density at radius 3 is 2.73 bits per heavy atom. The molecule has 0 bridgehead atoms. The number of carboxylic acid groups (broad SMARTS) is 1. The smallest absolute Gasteiger partial charge is 0.335 e. The minimum atomic E-state index is -0.956. The van der Waals surface area contributed by atoms with Crippen LogP contribution in [0.25, 0.3) is 10.9 Å². The second-order valence-corrected chi connectivity index (χ2v) is 4.75. The molecule has 0 atom stereocenters. The molecule has 0 radical (unpaired) electrons. The summed E-state index contributed by atoms with van der Waals surface area (Å²) in [5.41, 5.74) is 2.86. The lowest BCUT2D eigenvalue weighted by molar-refractivity contribution is 0.0697. The first kappa shape index (κ1) is 15.7. The lowest BCUT2D eigenvalue weighted by atomic mass is 10.1. The minimum absolute atomic E-state index is 0. The summed E-state index contributed by atoms with van der Waals surface area (Å²) in [4.78, 5) is 19.5. The van der Waals surface area contributed by atoms with E-state index in [4.69, 9.17) is 5.11 Å². The van der Waals surface area contributed by atoms with Gasteiger partial charge in [-0.2, -0.15) is 0 Å². The number of aromatic nitrogens is 2. The molecule has 3 aromatic rings. The van der Waals surface area contributed by atoms with Gasteiger partial charge >= 0.3 is 5.97 Å². The van der Waals surface area contributed by atoms with Gasteiger partial charge in [-0.05, 0) is 37.3 Å². The molecule has 3 rings (SSSR count). The monoisotopic (exact) mass is 315 g/mol. The summed E-state index contributed by atoms with van der Waals surface area (Å²) in [6.45, 7) is 2.00. The summed E-state index contributed by atoms with van der Waals surface area (Å²) in [5, 5.41) is 13.1. The van der Waals surface area contributed by atoms with E-state index in [2.05, 4.69) is 15.3 Å². The van der Waals surface area contributed by atoms with E-state index in [9.17, 15) is 4.79 Å². The number of hydrogen-bond donors (Lipinski definition) is 2. The zero-order chi connectivity index (χ0) is 14.8. The number of rotatable bonds is 3. The Hall–Kier alpha value is -2.66. The van der Waals surface area contributed by atoms with E-state index in [0.29, 0.717) is 11.5 Å². The van der Waals surface area contributed by atoms with Gasteiger partial charge in [-0.25, -0.2) is 14.8 Å². The zero-order valence-electron chi connectivity index (χ0n) is 11.8. The molecule has 0 spiro atoms. The molecule has 5 nitrogen and oxygen atoms in total. The van der Waals surface area contributed by atoms with Gasteiger partial charge < -0.3 is 10.4 Å². The molecule has 0 saturated carbocycles. The van der Waals surface area contributed by atoms with E-state index >= 15 is 0 Å². The third-order valence-corrected chi connectivity index (χ3v) is 3.16. The maximum atomic E-state index is 11.0. The Morgan fingerprint density at radius 1 is 1.14 bits per heavy atom. The number of nitrogens with zero attached hydrogens (tertiary/aromatic N) is 2. The van der Waals surface area contributed by atoms with Gasteiger partial charge in [-0.3, -0.25) is 0 Å². The first-order valence-corrected chi connectivity index (χ1v) is 6.45. The number of aromatic carboxylic acids is 1. The summed E-state index contributed by atoms with van der Waals surface area (Å²) in [5.74, 6) is -0.298. The highest BCUT2D eigenvalue weighted by atomic mass is 35.5. The van der Waals surface area contributed by atoms with E-state index in [-0.39, 0.29) is 18.0 Å². The van der Waals surface area contributed by atoms with Gasteiger partial charge in [0.15, 0.2) is 0 Å². The van der Waals surface area contributed by atoms with Crippen molar-refractivity contribution in [2.45, 2.75) is 6.92 Å². The minimum Gasteiger partial charge on any atom is -0.478 e. The van der Waals surface area contributed by atoms with E-state index in [0.717, 1.165) is 16.5 Å². The Morgan fingerprint density at radius 2 is 1.95 bits per heavy atom. The summed E-state index contributed by atoms with van der Waals surface area (Å²) in [6, 6.07) is 12.5. The highest BCUT2D eigenvalue weighted by Gasteiger charge is 2.07. The highest BCUT2D eigenvalue weighted by molar-refractivity contribution is 5.92. The molecule has 0 unspecified atom stereocenters. The first-order valence-electron chi connectivity index (χ1n) is 6.45.